The van der Waals surface area contributed by atoms with Crippen molar-refractivity contribution in [1.29, 1.82) is 0 Å². The molecule has 4 aromatic rings. The van der Waals surface area contributed by atoms with Crippen LogP contribution in [0.4, 0.5) is 13.2 Å². The summed E-state index contributed by atoms with van der Waals surface area (Å²) in [4.78, 5) is 28.1. The van der Waals surface area contributed by atoms with E-state index in [2.05, 4.69) is 4.98 Å². The zero-order chi connectivity index (χ0) is 30.6. The van der Waals surface area contributed by atoms with E-state index < -0.39 is 55.2 Å². The second-order valence-corrected chi connectivity index (χ2v) is 12.7. The average molecular weight is 620 g/mol. The van der Waals surface area contributed by atoms with Crippen molar-refractivity contribution in [2.24, 2.45) is 0 Å². The molecule has 42 heavy (non-hydrogen) atoms. The molecule has 3 aromatic heterocycles. The zero-order valence-corrected chi connectivity index (χ0v) is 23.9. The third-order valence-corrected chi connectivity index (χ3v) is 10.8. The molecule has 5 rings (SSSR count). The Labute approximate surface area is 243 Å². The van der Waals surface area contributed by atoms with Crippen LogP contribution in [0.5, 0.6) is 0 Å². The Kier molecular flexibility index (Phi) is 7.36. The number of hydrogen-bond acceptors (Lipinski definition) is 5. The molecular formula is C29H25ClF3N3O5S. The van der Waals surface area contributed by atoms with Gasteiger partial charge in [0.05, 0.1) is 12.0 Å². The number of fused-ring (bicyclic) bond motifs is 1. The number of H-pyrrole nitrogens is 1. The fourth-order valence-corrected chi connectivity index (χ4v) is 7.79. The van der Waals surface area contributed by atoms with E-state index in [9.17, 15) is 36.3 Å². The normalized spacial score (nSPS) is 19.5. The number of alkyl halides is 4. The first-order chi connectivity index (χ1) is 19.7. The Bertz CT molecular complexity index is 1990. The maximum Gasteiger partial charge on any atom is 0.422 e. The summed E-state index contributed by atoms with van der Waals surface area (Å²) in [6, 6.07) is 11.1. The quantitative estimate of drug-likeness (QED) is 0.302. The number of aromatic nitrogens is 3. The van der Waals surface area contributed by atoms with Gasteiger partial charge in [-0.05, 0) is 42.7 Å². The number of hydrogen-bond donors (Lipinski definition) is 2. The molecule has 13 heteroatoms. The molecule has 8 nitrogen and oxygen atoms in total. The molecule has 220 valence electrons. The van der Waals surface area contributed by atoms with Crippen molar-refractivity contribution in [3.63, 3.8) is 0 Å². The highest BCUT2D eigenvalue weighted by Gasteiger charge is 2.50. The Balaban J connectivity index is 1.76. The molecule has 0 saturated carbocycles. The highest BCUT2D eigenvalue weighted by atomic mass is 35.5. The first-order valence-electron chi connectivity index (χ1n) is 12.7. The van der Waals surface area contributed by atoms with Crippen molar-refractivity contribution in [3.05, 3.63) is 111 Å². The number of nitrogens with one attached hydrogen (secondary N) is 1. The number of nitrogens with zero attached hydrogens (tertiary/aromatic N) is 2. The van der Waals surface area contributed by atoms with Crippen LogP contribution in [0.15, 0.2) is 88.4 Å². The van der Waals surface area contributed by atoms with Crippen LogP contribution >= 0.6 is 11.6 Å². The van der Waals surface area contributed by atoms with Gasteiger partial charge in [0.15, 0.2) is 0 Å². The van der Waals surface area contributed by atoms with E-state index in [1.807, 2.05) is 0 Å². The summed E-state index contributed by atoms with van der Waals surface area (Å²) in [5, 5.41) is 8.38. The fraction of sp³-hybridized carbons (Fsp3) is 0.241. The minimum atomic E-state index is -5.10. The van der Waals surface area contributed by atoms with Crippen LogP contribution in [0, 0.1) is 0 Å². The lowest BCUT2D eigenvalue weighted by atomic mass is 9.83. The van der Waals surface area contributed by atoms with E-state index in [1.54, 1.807) is 30.3 Å². The van der Waals surface area contributed by atoms with Crippen molar-refractivity contribution >= 4 is 38.1 Å². The van der Waals surface area contributed by atoms with Crippen molar-refractivity contribution < 1.29 is 26.7 Å². The molecule has 0 fully saturated rings. The Morgan fingerprint density at radius 3 is 2.43 bits per heavy atom. The van der Waals surface area contributed by atoms with Gasteiger partial charge in [0.25, 0.3) is 11.1 Å². The van der Waals surface area contributed by atoms with Gasteiger partial charge >= 0.3 is 6.18 Å². The predicted octanol–water partition coefficient (Wildman–Crippen LogP) is 4.76. The molecule has 0 spiro atoms. The molecule has 2 N–H and O–H groups in total. The van der Waals surface area contributed by atoms with Crippen LogP contribution in [0.2, 0.25) is 0 Å². The van der Waals surface area contributed by atoms with Gasteiger partial charge in [-0.15, -0.1) is 11.6 Å². The SMILES string of the molecule is CC1=CC(c2c(-c3ccccc3)cn(CCO)c(=O)c2C(F)(F)F)=CC(Cl)C1(C)S(=O)(=O)n1ccc2cc[nH]c(=O)c21. The number of allylic oxidation sites excluding steroid dienone is 3. The molecule has 1 aromatic carbocycles. The van der Waals surface area contributed by atoms with Crippen LogP contribution in [0.25, 0.3) is 27.6 Å². The van der Waals surface area contributed by atoms with Crippen LogP contribution in [-0.4, -0.2) is 43.8 Å². The average Bonchev–Trinajstić information content (AvgIpc) is 3.38. The molecule has 3 heterocycles. The van der Waals surface area contributed by atoms with E-state index in [1.165, 1.54) is 56.7 Å². The standard InChI is InChI=1S/C29H25ClF3N3O5S/c1-17-14-20(15-22(30)28(17,2)42(40,41)36-11-9-19-8-10-34-26(38)25(19)36)23-21(18-6-4-3-5-7-18)16-35(12-13-37)27(39)24(23)29(31,32)33/h3-11,14-16,22,37H,12-13H2,1-2H3,(H,34,38). The number of aromatic amines is 1. The number of aliphatic hydroxyl groups excluding tert-OH is 1. The molecule has 0 amide bonds. The minimum Gasteiger partial charge on any atom is -0.395 e. The van der Waals surface area contributed by atoms with Crippen LogP contribution in [0.3, 0.4) is 0 Å². The first-order valence-corrected chi connectivity index (χ1v) is 14.6. The highest BCUT2D eigenvalue weighted by Crippen LogP contribution is 2.46. The van der Waals surface area contributed by atoms with E-state index in [0.717, 1.165) is 8.54 Å². The molecule has 1 aliphatic rings. The van der Waals surface area contributed by atoms with Crippen LogP contribution in [-0.2, 0) is 22.7 Å². The third kappa shape index (κ3) is 4.54. The summed E-state index contributed by atoms with van der Waals surface area (Å²) in [5.74, 6) is 0. The van der Waals surface area contributed by atoms with E-state index in [-0.39, 0.29) is 28.8 Å². The van der Waals surface area contributed by atoms with Gasteiger partial charge in [0.1, 0.15) is 15.8 Å². The number of rotatable bonds is 6. The summed E-state index contributed by atoms with van der Waals surface area (Å²) >= 11 is 6.75. The van der Waals surface area contributed by atoms with Crippen molar-refractivity contribution in [2.75, 3.05) is 6.61 Å². The molecule has 1 aliphatic carbocycles. The lowest BCUT2D eigenvalue weighted by Crippen LogP contribution is -2.48. The summed E-state index contributed by atoms with van der Waals surface area (Å²) < 4.78 is 71.7. The van der Waals surface area contributed by atoms with E-state index in [0.29, 0.717) is 10.9 Å². The van der Waals surface area contributed by atoms with Gasteiger partial charge < -0.3 is 14.7 Å². The van der Waals surface area contributed by atoms with Crippen LogP contribution in [0.1, 0.15) is 25.0 Å². The smallest absolute Gasteiger partial charge is 0.395 e. The molecule has 0 saturated heterocycles. The lowest BCUT2D eigenvalue weighted by molar-refractivity contribution is -0.139. The Hall–Kier alpha value is -3.87. The topological polar surface area (TPSA) is 114 Å². The van der Waals surface area contributed by atoms with Gasteiger partial charge in [0, 0.05) is 41.6 Å². The Morgan fingerprint density at radius 1 is 1.12 bits per heavy atom. The lowest BCUT2D eigenvalue weighted by Gasteiger charge is -2.37. The summed E-state index contributed by atoms with van der Waals surface area (Å²) in [6.07, 6.45) is 1.22. The second-order valence-electron chi connectivity index (χ2n) is 10.1. The summed E-state index contributed by atoms with van der Waals surface area (Å²) in [5.41, 5.74) is -3.63. The van der Waals surface area contributed by atoms with Gasteiger partial charge in [-0.1, -0.05) is 42.5 Å². The van der Waals surface area contributed by atoms with Crippen molar-refractivity contribution in [2.45, 2.75) is 36.7 Å². The molecule has 0 bridgehead atoms. The molecule has 0 aliphatic heterocycles. The zero-order valence-electron chi connectivity index (χ0n) is 22.3. The highest BCUT2D eigenvalue weighted by molar-refractivity contribution is 7.91. The summed E-state index contributed by atoms with van der Waals surface area (Å²) in [7, 11) is -4.46. The molecular weight excluding hydrogens is 595 g/mol. The molecule has 0 radical (unpaired) electrons. The van der Waals surface area contributed by atoms with Crippen molar-refractivity contribution in [3.8, 4) is 11.1 Å². The van der Waals surface area contributed by atoms with E-state index in [4.69, 9.17) is 11.6 Å². The monoisotopic (exact) mass is 619 g/mol. The first kappa shape index (κ1) is 29.6. The number of benzene rings is 1. The number of pyridine rings is 2. The number of halogens is 4. The van der Waals surface area contributed by atoms with Gasteiger partial charge in [-0.2, -0.15) is 13.2 Å². The Morgan fingerprint density at radius 2 is 1.81 bits per heavy atom. The third-order valence-electron chi connectivity index (χ3n) is 7.65. The minimum absolute atomic E-state index is 0.0459. The fourth-order valence-electron chi connectivity index (χ4n) is 5.27. The summed E-state index contributed by atoms with van der Waals surface area (Å²) in [6.45, 7) is 1.83. The largest absolute Gasteiger partial charge is 0.422 e. The van der Waals surface area contributed by atoms with E-state index >= 15 is 0 Å². The maximum absolute atomic E-state index is 14.6. The second kappa shape index (κ2) is 10.4. The van der Waals surface area contributed by atoms with Gasteiger partial charge in [-0.3, -0.25) is 9.59 Å². The van der Waals surface area contributed by atoms with Crippen molar-refractivity contribution in [1.82, 2.24) is 13.5 Å². The predicted molar refractivity (Wildman–Crippen MR) is 155 cm³/mol. The molecule has 2 unspecified atom stereocenters. The van der Waals surface area contributed by atoms with Gasteiger partial charge in [-0.25, -0.2) is 12.4 Å². The molecule has 2 atom stereocenters. The maximum atomic E-state index is 14.6. The number of aliphatic hydroxyl groups is 1. The van der Waals surface area contributed by atoms with Crippen LogP contribution < -0.4 is 11.1 Å². The van der Waals surface area contributed by atoms with Gasteiger partial charge in [0.2, 0.25) is 10.0 Å².